The quantitative estimate of drug-likeness (QED) is 0.280. The second kappa shape index (κ2) is 11.7. The molecule has 2 atom stereocenters. The van der Waals surface area contributed by atoms with Gasteiger partial charge in [0, 0.05) is 16.8 Å². The number of carbonyl (C=O) groups is 2. The van der Waals surface area contributed by atoms with E-state index in [2.05, 4.69) is 25.8 Å². The van der Waals surface area contributed by atoms with E-state index in [-0.39, 0.29) is 36.5 Å². The summed E-state index contributed by atoms with van der Waals surface area (Å²) in [7, 11) is 3.32. The molecule has 1 aliphatic rings. The van der Waals surface area contributed by atoms with Crippen molar-refractivity contribution in [3.8, 4) is 17.1 Å². The zero-order chi connectivity index (χ0) is 26.8. The fourth-order valence-electron chi connectivity index (χ4n) is 4.88. The normalized spacial score (nSPS) is 15.7. The largest absolute Gasteiger partial charge is 0.496 e. The number of fused-ring (bicyclic) bond motifs is 2. The predicted molar refractivity (Wildman–Crippen MR) is 152 cm³/mol. The Morgan fingerprint density at radius 3 is 2.69 bits per heavy atom. The van der Waals surface area contributed by atoms with Gasteiger partial charge in [-0.05, 0) is 61.3 Å². The number of para-hydroxylation sites is 1. The number of amides is 2. The number of carbonyl (C=O) groups excluding carboxylic acids is 2. The number of rotatable bonds is 7. The molecule has 10 nitrogen and oxygen atoms in total. The molecule has 0 aliphatic carbocycles. The Hall–Kier alpha value is -4.15. The average molecular weight is 551 g/mol. The summed E-state index contributed by atoms with van der Waals surface area (Å²) in [4.78, 5) is 42.6. The van der Waals surface area contributed by atoms with Crippen molar-refractivity contribution in [1.29, 1.82) is 0 Å². The lowest BCUT2D eigenvalue weighted by atomic mass is 10.00. The van der Waals surface area contributed by atoms with Crippen molar-refractivity contribution in [2.45, 2.75) is 38.4 Å². The van der Waals surface area contributed by atoms with Crippen LogP contribution >= 0.6 is 12.4 Å². The van der Waals surface area contributed by atoms with Gasteiger partial charge in [-0.25, -0.2) is 9.89 Å². The SMILES string of the molecule is CNC(C)C(=O)NC1CCc2ccccc2N(Cc2c(OC)ccc3cc(-c4n[nH]c(=O)[nH]4)ccc23)C1=O.Cl. The first-order chi connectivity index (χ1) is 18.4. The van der Waals surface area contributed by atoms with Crippen LogP contribution in [0.2, 0.25) is 0 Å². The van der Waals surface area contributed by atoms with Gasteiger partial charge >= 0.3 is 5.69 Å². The molecule has 0 bridgehead atoms. The highest BCUT2D eigenvalue weighted by Gasteiger charge is 2.33. The number of halogens is 1. The summed E-state index contributed by atoms with van der Waals surface area (Å²) in [5.41, 5.74) is 3.08. The molecule has 5 rings (SSSR count). The zero-order valence-corrected chi connectivity index (χ0v) is 22.7. The molecule has 204 valence electrons. The van der Waals surface area contributed by atoms with E-state index in [0.717, 1.165) is 33.2 Å². The Kier molecular flexibility index (Phi) is 8.37. The van der Waals surface area contributed by atoms with Crippen LogP contribution in [0.4, 0.5) is 5.69 Å². The van der Waals surface area contributed by atoms with Gasteiger partial charge in [0.15, 0.2) is 5.82 Å². The number of nitrogens with one attached hydrogen (secondary N) is 4. The number of likely N-dealkylation sites (N-methyl/N-ethyl adjacent to an activating group) is 1. The molecule has 2 heterocycles. The smallest absolute Gasteiger partial charge is 0.340 e. The highest BCUT2D eigenvalue weighted by atomic mass is 35.5. The fourth-order valence-corrected chi connectivity index (χ4v) is 4.88. The summed E-state index contributed by atoms with van der Waals surface area (Å²) in [6, 6.07) is 16.3. The highest BCUT2D eigenvalue weighted by molar-refractivity contribution is 6.02. The first kappa shape index (κ1) is 27.9. The number of anilines is 1. The molecule has 39 heavy (non-hydrogen) atoms. The number of aromatic nitrogens is 3. The van der Waals surface area contributed by atoms with Crippen molar-refractivity contribution in [2.75, 3.05) is 19.1 Å². The summed E-state index contributed by atoms with van der Waals surface area (Å²) in [5, 5.41) is 14.1. The average Bonchev–Trinajstić information content (AvgIpc) is 3.33. The molecule has 0 spiro atoms. The number of aryl methyl sites for hydroxylation is 1. The molecule has 3 aromatic carbocycles. The van der Waals surface area contributed by atoms with Crippen LogP contribution in [0.1, 0.15) is 24.5 Å². The lowest BCUT2D eigenvalue weighted by molar-refractivity contribution is -0.128. The Morgan fingerprint density at radius 2 is 1.97 bits per heavy atom. The first-order valence-corrected chi connectivity index (χ1v) is 12.5. The maximum absolute atomic E-state index is 13.9. The van der Waals surface area contributed by atoms with Crippen LogP contribution in [0.3, 0.4) is 0 Å². The van der Waals surface area contributed by atoms with Gasteiger partial charge in [0.05, 0.1) is 19.7 Å². The van der Waals surface area contributed by atoms with Gasteiger partial charge in [0.2, 0.25) is 11.8 Å². The number of nitrogens with zero attached hydrogens (tertiary/aromatic N) is 2. The number of H-pyrrole nitrogens is 2. The van der Waals surface area contributed by atoms with E-state index >= 15 is 0 Å². The molecule has 2 amide bonds. The fraction of sp³-hybridized carbons (Fsp3) is 0.286. The number of methoxy groups -OCH3 is 1. The lowest BCUT2D eigenvalue weighted by Gasteiger charge is -2.28. The zero-order valence-electron chi connectivity index (χ0n) is 21.9. The Balaban J connectivity index is 0.00000353. The molecule has 4 N–H and O–H groups in total. The van der Waals surface area contributed by atoms with E-state index in [1.807, 2.05) is 54.6 Å². The van der Waals surface area contributed by atoms with Crippen LogP contribution in [0.15, 0.2) is 59.4 Å². The third kappa shape index (κ3) is 5.52. The van der Waals surface area contributed by atoms with Gasteiger partial charge in [-0.1, -0.05) is 36.4 Å². The molecule has 4 aromatic rings. The maximum Gasteiger partial charge on any atom is 0.340 e. The predicted octanol–water partition coefficient (Wildman–Crippen LogP) is 2.92. The topological polar surface area (TPSA) is 132 Å². The Labute approximate surface area is 231 Å². The van der Waals surface area contributed by atoms with Gasteiger partial charge in [0.25, 0.3) is 0 Å². The second-order valence-corrected chi connectivity index (χ2v) is 9.37. The molecule has 0 radical (unpaired) electrons. The minimum absolute atomic E-state index is 0. The molecule has 1 aliphatic heterocycles. The molecule has 0 saturated carbocycles. The number of hydrogen-bond donors (Lipinski definition) is 4. The van der Waals surface area contributed by atoms with Gasteiger partial charge < -0.3 is 20.3 Å². The van der Waals surface area contributed by atoms with Crippen LogP contribution in [-0.4, -0.2) is 53.2 Å². The van der Waals surface area contributed by atoms with E-state index in [4.69, 9.17) is 4.74 Å². The van der Waals surface area contributed by atoms with E-state index in [1.165, 1.54) is 0 Å². The van der Waals surface area contributed by atoms with Crippen LogP contribution in [0.5, 0.6) is 5.75 Å². The van der Waals surface area contributed by atoms with Crippen molar-refractivity contribution >= 4 is 40.7 Å². The number of benzene rings is 3. The number of aromatic amines is 2. The van der Waals surface area contributed by atoms with Gasteiger partial charge in [-0.15, -0.1) is 12.4 Å². The lowest BCUT2D eigenvalue weighted by Crippen LogP contribution is -2.52. The number of ether oxygens (including phenoxy) is 1. The van der Waals surface area contributed by atoms with Crippen LogP contribution < -0.4 is 26.0 Å². The maximum atomic E-state index is 13.9. The van der Waals surface area contributed by atoms with E-state index < -0.39 is 12.1 Å². The van der Waals surface area contributed by atoms with Crippen molar-refractivity contribution in [3.05, 3.63) is 76.2 Å². The van der Waals surface area contributed by atoms with Gasteiger partial charge in [-0.2, -0.15) is 5.10 Å². The standard InChI is InChI=1S/C28H30N6O4.ClH/c1-16(29-2)26(35)30-22-12-9-17-6-4-5-7-23(17)34(27(22)36)15-21-20-11-8-19(25-31-28(37)33-32-25)14-18(20)10-13-24(21)38-3;/h4-8,10-11,13-14,16,22,29H,9,12,15H2,1-3H3,(H,30,35)(H2,31,32,33,37);1H. The Bertz CT molecular complexity index is 1570. The summed E-state index contributed by atoms with van der Waals surface area (Å²) < 4.78 is 5.72. The molecular weight excluding hydrogens is 520 g/mol. The minimum atomic E-state index is -0.658. The summed E-state index contributed by atoms with van der Waals surface area (Å²) >= 11 is 0. The van der Waals surface area contributed by atoms with Crippen LogP contribution in [-0.2, 0) is 22.6 Å². The van der Waals surface area contributed by atoms with E-state index in [1.54, 1.807) is 26.0 Å². The van der Waals surface area contributed by atoms with E-state index in [9.17, 15) is 14.4 Å². The molecule has 2 unspecified atom stereocenters. The van der Waals surface area contributed by atoms with Crippen LogP contribution in [0, 0.1) is 0 Å². The molecule has 1 aromatic heterocycles. The molecule has 0 saturated heterocycles. The minimum Gasteiger partial charge on any atom is -0.496 e. The highest BCUT2D eigenvalue weighted by Crippen LogP contribution is 2.35. The molecule has 11 heteroatoms. The van der Waals surface area contributed by atoms with E-state index in [0.29, 0.717) is 24.4 Å². The third-order valence-corrected chi connectivity index (χ3v) is 7.09. The first-order valence-electron chi connectivity index (χ1n) is 12.5. The number of hydrogen-bond acceptors (Lipinski definition) is 6. The van der Waals surface area contributed by atoms with Gasteiger partial charge in [-0.3, -0.25) is 14.6 Å². The molecular formula is C28H31ClN6O4. The van der Waals surface area contributed by atoms with Crippen molar-refractivity contribution < 1.29 is 14.3 Å². The van der Waals surface area contributed by atoms with Crippen LogP contribution in [0.25, 0.3) is 22.2 Å². The van der Waals surface area contributed by atoms with Crippen molar-refractivity contribution in [3.63, 3.8) is 0 Å². The second-order valence-electron chi connectivity index (χ2n) is 9.37. The molecule has 0 fully saturated rings. The summed E-state index contributed by atoms with van der Waals surface area (Å²) in [6.45, 7) is 2.01. The summed E-state index contributed by atoms with van der Waals surface area (Å²) in [6.07, 6.45) is 1.17. The summed E-state index contributed by atoms with van der Waals surface area (Å²) in [5.74, 6) is 0.706. The third-order valence-electron chi connectivity index (χ3n) is 7.09. The Morgan fingerprint density at radius 1 is 1.18 bits per heavy atom. The van der Waals surface area contributed by atoms with Gasteiger partial charge in [0.1, 0.15) is 11.8 Å². The monoisotopic (exact) mass is 550 g/mol. The van der Waals surface area contributed by atoms with Crippen molar-refractivity contribution in [1.82, 2.24) is 25.8 Å². The van der Waals surface area contributed by atoms with Crippen molar-refractivity contribution in [2.24, 2.45) is 0 Å².